The molecule has 0 aliphatic rings. The van der Waals surface area contributed by atoms with Gasteiger partial charge in [0.1, 0.15) is 0 Å². The van der Waals surface area contributed by atoms with Crippen molar-refractivity contribution in [3.63, 3.8) is 0 Å². The average molecular weight is 343 g/mol. The van der Waals surface area contributed by atoms with Gasteiger partial charge in [0.05, 0.1) is 0 Å². The summed E-state index contributed by atoms with van der Waals surface area (Å²) in [5.41, 5.74) is 0. The van der Waals surface area contributed by atoms with Crippen LogP contribution in [0, 0.1) is 0 Å². The van der Waals surface area contributed by atoms with Gasteiger partial charge < -0.3 is 22.1 Å². The molecule has 0 aromatic carbocycles. The molecule has 0 spiro atoms. The number of rotatable bonds is 13. The summed E-state index contributed by atoms with van der Waals surface area (Å²) < 4.78 is 28.4. The van der Waals surface area contributed by atoms with Gasteiger partial charge >= 0.3 is 16.5 Å². The van der Waals surface area contributed by atoms with E-state index in [1.807, 2.05) is 20.8 Å². The maximum absolute atomic E-state index is 5.80. The molecule has 0 bridgehead atoms. The van der Waals surface area contributed by atoms with Crippen molar-refractivity contribution in [1.29, 1.82) is 0 Å². The van der Waals surface area contributed by atoms with Crippen molar-refractivity contribution < 1.29 is 22.1 Å². The van der Waals surface area contributed by atoms with E-state index in [0.717, 1.165) is 18.2 Å². The van der Waals surface area contributed by atoms with Gasteiger partial charge in [0.25, 0.3) is 0 Å². The van der Waals surface area contributed by atoms with Crippen LogP contribution in [0.15, 0.2) is 0 Å². The van der Waals surface area contributed by atoms with E-state index in [-0.39, 0.29) is 0 Å². The Morgan fingerprint density at radius 2 is 1.30 bits per heavy atom. The van der Waals surface area contributed by atoms with Gasteiger partial charge in [0.2, 0.25) is 0 Å². The highest BCUT2D eigenvalue weighted by Crippen LogP contribution is 2.27. The SMILES string of the molecule is CCO[Si](OCC)(OCC)SCCC[Si](C)(OC)OC. The zero-order valence-corrected chi connectivity index (χ0v) is 16.5. The van der Waals surface area contributed by atoms with E-state index >= 15 is 0 Å². The minimum atomic E-state index is -2.56. The highest BCUT2D eigenvalue weighted by Gasteiger charge is 2.42. The first-order valence-corrected chi connectivity index (χ1v) is 13.1. The quantitative estimate of drug-likeness (QED) is 0.379. The van der Waals surface area contributed by atoms with Gasteiger partial charge in [-0.05, 0) is 45.5 Å². The number of hydrogen-bond acceptors (Lipinski definition) is 6. The molecule has 0 aromatic heterocycles. The lowest BCUT2D eigenvalue weighted by atomic mass is 10.6. The van der Waals surface area contributed by atoms with Crippen molar-refractivity contribution in [3.8, 4) is 0 Å². The van der Waals surface area contributed by atoms with Gasteiger partial charge in [-0.25, -0.2) is 0 Å². The smallest absolute Gasteiger partial charge is 0.398 e. The van der Waals surface area contributed by atoms with E-state index in [0.29, 0.717) is 19.8 Å². The first-order chi connectivity index (χ1) is 9.51. The molecule has 0 saturated heterocycles. The fourth-order valence-corrected chi connectivity index (χ4v) is 8.40. The van der Waals surface area contributed by atoms with Gasteiger partial charge in [-0.15, -0.1) is 0 Å². The van der Waals surface area contributed by atoms with Crippen LogP contribution in [0.5, 0.6) is 0 Å². The molecule has 0 amide bonds. The highest BCUT2D eigenvalue weighted by molar-refractivity contribution is 8.26. The Bertz CT molecular complexity index is 225. The van der Waals surface area contributed by atoms with E-state index in [4.69, 9.17) is 22.1 Å². The first kappa shape index (κ1) is 20.6. The first-order valence-electron chi connectivity index (χ1n) is 7.17. The average Bonchev–Trinajstić information content (AvgIpc) is 2.44. The van der Waals surface area contributed by atoms with Gasteiger partial charge in [-0.1, -0.05) is 11.2 Å². The van der Waals surface area contributed by atoms with Crippen LogP contribution in [-0.2, 0) is 22.1 Å². The molecular weight excluding hydrogens is 312 g/mol. The Balaban J connectivity index is 4.31. The summed E-state index contributed by atoms with van der Waals surface area (Å²) in [5.74, 6) is 0.932. The van der Waals surface area contributed by atoms with Gasteiger partial charge in [-0.3, -0.25) is 0 Å². The van der Waals surface area contributed by atoms with E-state index in [1.54, 1.807) is 25.4 Å². The van der Waals surface area contributed by atoms with Gasteiger partial charge in [-0.2, -0.15) is 0 Å². The normalized spacial score (nSPS) is 12.9. The molecule has 0 fully saturated rings. The second-order valence-corrected chi connectivity index (χ2v) is 12.8. The molecule has 8 heteroatoms. The second-order valence-electron chi connectivity index (χ2n) is 4.29. The lowest BCUT2D eigenvalue weighted by molar-refractivity contribution is 0.0966. The van der Waals surface area contributed by atoms with Crippen molar-refractivity contribution >= 4 is 27.7 Å². The maximum Gasteiger partial charge on any atom is 0.573 e. The molecule has 0 atom stereocenters. The Kier molecular flexibility index (Phi) is 11.5. The molecule has 0 rings (SSSR count). The van der Waals surface area contributed by atoms with Crippen LogP contribution in [0.1, 0.15) is 27.2 Å². The highest BCUT2D eigenvalue weighted by atomic mass is 32.4. The largest absolute Gasteiger partial charge is 0.573 e. The maximum atomic E-state index is 5.80. The predicted molar refractivity (Wildman–Crippen MR) is 88.2 cm³/mol. The molecule has 0 saturated carbocycles. The van der Waals surface area contributed by atoms with E-state index in [1.165, 1.54) is 0 Å². The lowest BCUT2D eigenvalue weighted by Crippen LogP contribution is -2.43. The molecule has 0 aliphatic carbocycles. The minimum Gasteiger partial charge on any atom is -0.398 e. The summed E-state index contributed by atoms with van der Waals surface area (Å²) in [5, 5.41) is 0. The van der Waals surface area contributed by atoms with E-state index in [2.05, 4.69) is 6.55 Å². The summed E-state index contributed by atoms with van der Waals surface area (Å²) >= 11 is 1.69. The second kappa shape index (κ2) is 11.2. The summed E-state index contributed by atoms with van der Waals surface area (Å²) in [6, 6.07) is 0.960. The zero-order chi connectivity index (χ0) is 15.5. The minimum absolute atomic E-state index is 0.613. The molecule has 0 aliphatic heterocycles. The molecule has 0 radical (unpaired) electrons. The van der Waals surface area contributed by atoms with Gasteiger partial charge in [0, 0.05) is 34.0 Å². The van der Waals surface area contributed by atoms with Crippen molar-refractivity contribution in [2.24, 2.45) is 0 Å². The van der Waals surface area contributed by atoms with Crippen molar-refractivity contribution in [2.75, 3.05) is 39.8 Å². The molecule has 0 aromatic rings. The van der Waals surface area contributed by atoms with Crippen LogP contribution in [0.3, 0.4) is 0 Å². The topological polar surface area (TPSA) is 46.2 Å². The third-order valence-electron chi connectivity index (χ3n) is 2.88. The van der Waals surface area contributed by atoms with Crippen LogP contribution < -0.4 is 0 Å². The number of hydrogen-bond donors (Lipinski definition) is 0. The van der Waals surface area contributed by atoms with Crippen LogP contribution in [0.4, 0.5) is 0 Å². The summed E-state index contributed by atoms with van der Waals surface area (Å²) in [7, 11) is -1.08. The monoisotopic (exact) mass is 342 g/mol. The Hall–Kier alpha value is 0.584. The van der Waals surface area contributed by atoms with E-state index < -0.39 is 16.5 Å². The molecule has 0 heterocycles. The fraction of sp³-hybridized carbons (Fsp3) is 1.00. The lowest BCUT2D eigenvalue weighted by Gasteiger charge is -2.28. The van der Waals surface area contributed by atoms with Crippen molar-refractivity contribution in [3.05, 3.63) is 0 Å². The van der Waals surface area contributed by atoms with Crippen molar-refractivity contribution in [2.45, 2.75) is 39.8 Å². The summed E-state index contributed by atoms with van der Waals surface area (Å²) in [6.45, 7) is 9.84. The van der Waals surface area contributed by atoms with Crippen molar-refractivity contribution in [1.82, 2.24) is 0 Å². The molecule has 0 N–H and O–H groups in total. The van der Waals surface area contributed by atoms with Crippen LogP contribution in [-0.4, -0.2) is 56.3 Å². The van der Waals surface area contributed by atoms with Gasteiger partial charge in [0.15, 0.2) is 0 Å². The molecule has 20 heavy (non-hydrogen) atoms. The Morgan fingerprint density at radius 1 is 0.850 bits per heavy atom. The molecule has 122 valence electrons. The zero-order valence-electron chi connectivity index (χ0n) is 13.7. The third-order valence-corrected chi connectivity index (χ3v) is 11.4. The van der Waals surface area contributed by atoms with Crippen LogP contribution in [0.25, 0.3) is 0 Å². The predicted octanol–water partition coefficient (Wildman–Crippen LogP) is 3.02. The molecular formula is C12H30O5SSi2. The third kappa shape index (κ3) is 7.55. The van der Waals surface area contributed by atoms with Crippen LogP contribution in [0.2, 0.25) is 12.6 Å². The molecule has 0 unspecified atom stereocenters. The Morgan fingerprint density at radius 3 is 1.65 bits per heavy atom. The standard InChI is InChI=1S/C12H30O5SSi2/c1-7-15-20(16-8-2,17-9-3)18-11-10-12-19(6,13-4)14-5/h7-12H2,1-6H3. The fourth-order valence-electron chi connectivity index (χ4n) is 1.66. The van der Waals surface area contributed by atoms with E-state index in [9.17, 15) is 0 Å². The van der Waals surface area contributed by atoms with Crippen LogP contribution >= 0.6 is 11.2 Å². The molecule has 5 nitrogen and oxygen atoms in total. The summed E-state index contributed by atoms with van der Waals surface area (Å²) in [6.07, 6.45) is 1.01. The summed E-state index contributed by atoms with van der Waals surface area (Å²) in [4.78, 5) is 0. The Labute approximate surface area is 129 Å².